The van der Waals surface area contributed by atoms with Gasteiger partial charge in [-0.1, -0.05) is 26.2 Å². The number of nitrogens with one attached hydrogen (secondary N) is 1. The smallest absolute Gasteiger partial charge is 0.227 e. The van der Waals surface area contributed by atoms with Crippen molar-refractivity contribution in [1.29, 1.82) is 0 Å². The van der Waals surface area contributed by atoms with Crippen molar-refractivity contribution in [2.24, 2.45) is 11.8 Å². The summed E-state index contributed by atoms with van der Waals surface area (Å²) in [6.45, 7) is 4.21. The number of benzene rings is 1. The van der Waals surface area contributed by atoms with Crippen molar-refractivity contribution < 1.29 is 4.79 Å². The van der Waals surface area contributed by atoms with Gasteiger partial charge in [0, 0.05) is 17.3 Å². The first-order valence-corrected chi connectivity index (χ1v) is 8.27. The fourth-order valence-electron chi connectivity index (χ4n) is 3.20. The number of hydrogen-bond acceptors (Lipinski definition) is 2. The average Bonchev–Trinajstić information content (AvgIpc) is 2.49. The Balaban J connectivity index is 1.83. The summed E-state index contributed by atoms with van der Waals surface area (Å²) in [6, 6.07) is 5.68. The molecule has 0 aromatic heterocycles. The number of nitrogens with two attached hydrogens (primary N) is 1. The van der Waals surface area contributed by atoms with Gasteiger partial charge in [-0.05, 0) is 62.3 Å². The molecule has 0 saturated heterocycles. The van der Waals surface area contributed by atoms with Crippen LogP contribution < -0.4 is 11.1 Å². The molecule has 0 heterocycles. The summed E-state index contributed by atoms with van der Waals surface area (Å²) in [5, 5.41) is 3.04. The highest BCUT2D eigenvalue weighted by atomic mass is 16.1. The third-order valence-corrected chi connectivity index (χ3v) is 4.72. The molecule has 0 spiro atoms. The summed E-state index contributed by atoms with van der Waals surface area (Å²) in [6.07, 6.45) is 8.42. The van der Waals surface area contributed by atoms with Gasteiger partial charge in [-0.15, -0.1) is 0 Å². The lowest BCUT2D eigenvalue weighted by Crippen LogP contribution is -2.27. The maximum absolute atomic E-state index is 12.3. The maximum Gasteiger partial charge on any atom is 0.227 e. The van der Waals surface area contributed by atoms with E-state index in [-0.39, 0.29) is 11.8 Å². The third kappa shape index (κ3) is 4.48. The normalized spacial score (nSPS) is 22.0. The van der Waals surface area contributed by atoms with Crippen LogP contribution in [0.15, 0.2) is 18.2 Å². The number of hydrogen-bond donors (Lipinski definition) is 2. The molecule has 1 aliphatic carbocycles. The monoisotopic (exact) mass is 288 g/mol. The molecule has 3 heteroatoms. The minimum atomic E-state index is 0.174. The van der Waals surface area contributed by atoms with Crippen LogP contribution in [0.5, 0.6) is 0 Å². The quantitative estimate of drug-likeness (QED) is 0.783. The lowest BCUT2D eigenvalue weighted by atomic mass is 9.79. The fraction of sp³-hybridized carbons (Fsp3) is 0.611. The molecule has 1 amide bonds. The Bertz CT molecular complexity index is 476. The second-order valence-electron chi connectivity index (χ2n) is 6.42. The summed E-state index contributed by atoms with van der Waals surface area (Å²) < 4.78 is 0. The van der Waals surface area contributed by atoms with Crippen molar-refractivity contribution in [2.45, 2.75) is 58.8 Å². The predicted octanol–water partition coefficient (Wildman–Crippen LogP) is 4.51. The second-order valence-corrected chi connectivity index (χ2v) is 6.42. The minimum absolute atomic E-state index is 0.174. The van der Waals surface area contributed by atoms with E-state index in [2.05, 4.69) is 12.2 Å². The molecular weight excluding hydrogens is 260 g/mol. The van der Waals surface area contributed by atoms with Gasteiger partial charge in [0.05, 0.1) is 0 Å². The van der Waals surface area contributed by atoms with Crippen molar-refractivity contribution in [3.05, 3.63) is 23.8 Å². The zero-order valence-corrected chi connectivity index (χ0v) is 13.3. The van der Waals surface area contributed by atoms with E-state index in [1.165, 1.54) is 32.1 Å². The number of aryl methyl sites for hydroxylation is 1. The predicted molar refractivity (Wildman–Crippen MR) is 89.2 cm³/mol. The van der Waals surface area contributed by atoms with Crippen molar-refractivity contribution in [2.75, 3.05) is 11.1 Å². The highest BCUT2D eigenvalue weighted by molar-refractivity contribution is 5.92. The van der Waals surface area contributed by atoms with E-state index in [0.29, 0.717) is 0 Å². The largest absolute Gasteiger partial charge is 0.399 e. The molecule has 0 unspecified atom stereocenters. The lowest BCUT2D eigenvalue weighted by Gasteiger charge is -2.27. The summed E-state index contributed by atoms with van der Waals surface area (Å²) in [5.41, 5.74) is 8.44. The van der Waals surface area contributed by atoms with Crippen LogP contribution in [-0.2, 0) is 4.79 Å². The second kappa shape index (κ2) is 7.48. The van der Waals surface area contributed by atoms with Gasteiger partial charge in [-0.3, -0.25) is 4.79 Å². The molecule has 116 valence electrons. The number of rotatable bonds is 5. The zero-order valence-electron chi connectivity index (χ0n) is 13.3. The molecule has 0 atom stereocenters. The van der Waals surface area contributed by atoms with Crippen molar-refractivity contribution >= 4 is 17.3 Å². The number of anilines is 2. The third-order valence-electron chi connectivity index (χ3n) is 4.72. The summed E-state index contributed by atoms with van der Waals surface area (Å²) in [4.78, 5) is 12.3. The van der Waals surface area contributed by atoms with Crippen LogP contribution in [0.25, 0.3) is 0 Å². The first-order valence-electron chi connectivity index (χ1n) is 8.27. The average molecular weight is 288 g/mol. The van der Waals surface area contributed by atoms with Gasteiger partial charge in [-0.2, -0.15) is 0 Å². The van der Waals surface area contributed by atoms with Crippen LogP contribution in [0.4, 0.5) is 11.4 Å². The Morgan fingerprint density at radius 2 is 2.00 bits per heavy atom. The molecular formula is C18H28N2O. The topological polar surface area (TPSA) is 55.1 Å². The Labute approximate surface area is 128 Å². The van der Waals surface area contributed by atoms with Crippen LogP contribution in [0.1, 0.15) is 57.4 Å². The molecule has 3 nitrogen and oxygen atoms in total. The molecule has 0 radical (unpaired) electrons. The van der Waals surface area contributed by atoms with Gasteiger partial charge in [0.1, 0.15) is 0 Å². The van der Waals surface area contributed by atoms with E-state index in [1.54, 1.807) is 0 Å². The molecule has 1 aromatic carbocycles. The molecule has 21 heavy (non-hydrogen) atoms. The van der Waals surface area contributed by atoms with Crippen LogP contribution in [0.3, 0.4) is 0 Å². The van der Waals surface area contributed by atoms with Crippen molar-refractivity contribution in [3.8, 4) is 0 Å². The van der Waals surface area contributed by atoms with Gasteiger partial charge in [0.25, 0.3) is 0 Å². The number of amides is 1. The summed E-state index contributed by atoms with van der Waals surface area (Å²) in [7, 11) is 0. The summed E-state index contributed by atoms with van der Waals surface area (Å²) in [5.74, 6) is 1.20. The SMILES string of the molecule is CCCCC1CCC(C(=O)Nc2ccc(N)c(C)c2)CC1. The van der Waals surface area contributed by atoms with Crippen LogP contribution in [0.2, 0.25) is 0 Å². The van der Waals surface area contributed by atoms with Crippen LogP contribution in [-0.4, -0.2) is 5.91 Å². The molecule has 1 aliphatic rings. The van der Waals surface area contributed by atoms with E-state index in [0.717, 1.165) is 35.7 Å². The molecule has 0 bridgehead atoms. The van der Waals surface area contributed by atoms with E-state index < -0.39 is 0 Å². The fourth-order valence-corrected chi connectivity index (χ4v) is 3.20. The molecule has 2 rings (SSSR count). The summed E-state index contributed by atoms with van der Waals surface area (Å²) >= 11 is 0. The Hall–Kier alpha value is -1.51. The maximum atomic E-state index is 12.3. The number of carbonyl (C=O) groups excluding carboxylic acids is 1. The van der Waals surface area contributed by atoms with E-state index in [9.17, 15) is 4.79 Å². The molecule has 3 N–H and O–H groups in total. The lowest BCUT2D eigenvalue weighted by molar-refractivity contribution is -0.121. The van der Waals surface area contributed by atoms with Gasteiger partial charge in [0.15, 0.2) is 0 Å². The van der Waals surface area contributed by atoms with Crippen molar-refractivity contribution in [3.63, 3.8) is 0 Å². The number of nitrogen functional groups attached to an aromatic ring is 1. The number of carbonyl (C=O) groups is 1. The first kappa shape index (κ1) is 15.9. The highest BCUT2D eigenvalue weighted by Crippen LogP contribution is 2.32. The first-order chi connectivity index (χ1) is 10.1. The van der Waals surface area contributed by atoms with Gasteiger partial charge < -0.3 is 11.1 Å². The van der Waals surface area contributed by atoms with Gasteiger partial charge >= 0.3 is 0 Å². The van der Waals surface area contributed by atoms with E-state index >= 15 is 0 Å². The van der Waals surface area contributed by atoms with Gasteiger partial charge in [0.2, 0.25) is 5.91 Å². The van der Waals surface area contributed by atoms with Gasteiger partial charge in [-0.25, -0.2) is 0 Å². The molecule has 1 aromatic rings. The standard InChI is InChI=1S/C18H28N2O/c1-3-4-5-14-6-8-15(9-7-14)18(21)20-16-10-11-17(19)13(2)12-16/h10-12,14-15H,3-9,19H2,1-2H3,(H,20,21). The Morgan fingerprint density at radius 1 is 1.29 bits per heavy atom. The highest BCUT2D eigenvalue weighted by Gasteiger charge is 2.25. The van der Waals surface area contributed by atoms with E-state index in [4.69, 9.17) is 5.73 Å². The Kier molecular flexibility index (Phi) is 5.66. The van der Waals surface area contributed by atoms with E-state index in [1.807, 2.05) is 25.1 Å². The van der Waals surface area contributed by atoms with Crippen LogP contribution >= 0.6 is 0 Å². The number of unbranched alkanes of at least 4 members (excludes halogenated alkanes) is 1. The Morgan fingerprint density at radius 3 is 2.62 bits per heavy atom. The molecule has 0 aliphatic heterocycles. The van der Waals surface area contributed by atoms with Crippen molar-refractivity contribution in [1.82, 2.24) is 0 Å². The molecule has 1 fully saturated rings. The molecule has 1 saturated carbocycles. The van der Waals surface area contributed by atoms with Crippen LogP contribution in [0, 0.1) is 18.8 Å². The minimum Gasteiger partial charge on any atom is -0.399 e. The zero-order chi connectivity index (χ0) is 15.2.